The molecule has 0 bridgehead atoms. The van der Waals surface area contributed by atoms with Crippen molar-refractivity contribution in [1.82, 2.24) is 5.32 Å². The van der Waals surface area contributed by atoms with Gasteiger partial charge in [0.05, 0.1) is 18.8 Å². The van der Waals surface area contributed by atoms with Crippen molar-refractivity contribution in [3.63, 3.8) is 0 Å². The fourth-order valence-electron chi connectivity index (χ4n) is 7.95. The number of nitrogens with one attached hydrogen (secondary N) is 1. The lowest BCUT2D eigenvalue weighted by molar-refractivity contribution is -0.123. The van der Waals surface area contributed by atoms with Crippen LogP contribution in [0.3, 0.4) is 0 Å². The number of unbranched alkanes of at least 4 members (excludes halogenated alkanes) is 39. The van der Waals surface area contributed by atoms with Gasteiger partial charge in [0.25, 0.3) is 0 Å². The summed E-state index contributed by atoms with van der Waals surface area (Å²) < 4.78 is 0. The van der Waals surface area contributed by atoms with Gasteiger partial charge in [0, 0.05) is 6.42 Å². The van der Waals surface area contributed by atoms with Gasteiger partial charge in [-0.2, -0.15) is 0 Å². The van der Waals surface area contributed by atoms with Gasteiger partial charge in [-0.25, -0.2) is 0 Å². The molecule has 0 saturated carbocycles. The zero-order valence-corrected chi connectivity index (χ0v) is 37.0. The fourth-order valence-corrected chi connectivity index (χ4v) is 7.95. The van der Waals surface area contributed by atoms with Crippen LogP contribution in [0, 0.1) is 0 Å². The van der Waals surface area contributed by atoms with Crippen molar-refractivity contribution in [3.8, 4) is 0 Å². The highest BCUT2D eigenvalue weighted by atomic mass is 16.3. The molecule has 0 heterocycles. The zero-order valence-electron chi connectivity index (χ0n) is 37.0. The van der Waals surface area contributed by atoms with Crippen molar-refractivity contribution >= 4 is 5.91 Å². The van der Waals surface area contributed by atoms with Crippen LogP contribution in [-0.4, -0.2) is 34.9 Å². The third kappa shape index (κ3) is 42.3. The zero-order chi connectivity index (χ0) is 39.3. The van der Waals surface area contributed by atoms with Crippen LogP contribution in [0.1, 0.15) is 284 Å². The van der Waals surface area contributed by atoms with Gasteiger partial charge in [-0.15, -0.1) is 0 Å². The normalized spacial score (nSPS) is 12.9. The highest BCUT2D eigenvalue weighted by Gasteiger charge is 2.18. The predicted molar refractivity (Wildman–Crippen MR) is 239 cm³/mol. The van der Waals surface area contributed by atoms with Crippen LogP contribution in [0.2, 0.25) is 0 Å². The molecule has 0 radical (unpaired) electrons. The summed E-state index contributed by atoms with van der Waals surface area (Å²) in [6, 6.07) is -0.616. The van der Waals surface area contributed by atoms with E-state index >= 15 is 0 Å². The summed E-state index contributed by atoms with van der Waals surface area (Å²) in [5.41, 5.74) is 0. The number of rotatable bonds is 46. The second-order valence-electron chi connectivity index (χ2n) is 17.2. The number of carbonyl (C=O) groups excluding carboxylic acids is 1. The Labute approximate surface area is 339 Å². The van der Waals surface area contributed by atoms with Gasteiger partial charge in [-0.1, -0.05) is 270 Å². The topological polar surface area (TPSA) is 69.6 Å². The number of hydrogen-bond donors (Lipinski definition) is 3. The molecular formula is C50H99NO3. The standard InChI is InChI=1S/C50H99NO3/c1-3-5-7-9-11-13-15-17-18-19-20-21-22-23-24-25-26-27-28-29-30-31-32-34-36-38-40-42-44-46-50(54)51-48(47-52)49(53)45-43-41-39-37-35-33-16-14-12-10-8-6-4-2/h43,45,48-49,52-53H,3-42,44,46-47H2,1-2H3,(H,51,54)/b45-43+/t48-,49+/m0/s1. The number of aliphatic hydroxyl groups excluding tert-OH is 2. The Morgan fingerprint density at radius 2 is 0.685 bits per heavy atom. The summed E-state index contributed by atoms with van der Waals surface area (Å²) in [7, 11) is 0. The second kappa shape index (κ2) is 46.5. The summed E-state index contributed by atoms with van der Waals surface area (Å²) in [6.45, 7) is 4.33. The first kappa shape index (κ1) is 53.1. The molecule has 54 heavy (non-hydrogen) atoms. The summed E-state index contributed by atoms with van der Waals surface area (Å²) >= 11 is 0. The van der Waals surface area contributed by atoms with E-state index in [0.29, 0.717) is 6.42 Å². The molecule has 0 aromatic heterocycles. The van der Waals surface area contributed by atoms with E-state index in [2.05, 4.69) is 19.2 Å². The van der Waals surface area contributed by atoms with Crippen molar-refractivity contribution in [2.45, 2.75) is 296 Å². The lowest BCUT2D eigenvalue weighted by Crippen LogP contribution is -2.45. The minimum absolute atomic E-state index is 0.0584. The Morgan fingerprint density at radius 1 is 0.426 bits per heavy atom. The molecule has 4 nitrogen and oxygen atoms in total. The maximum Gasteiger partial charge on any atom is 0.220 e. The van der Waals surface area contributed by atoms with Gasteiger partial charge in [0.15, 0.2) is 0 Å². The van der Waals surface area contributed by atoms with Crippen LogP contribution in [0.5, 0.6) is 0 Å². The second-order valence-corrected chi connectivity index (χ2v) is 17.2. The van der Waals surface area contributed by atoms with Crippen molar-refractivity contribution < 1.29 is 15.0 Å². The van der Waals surface area contributed by atoms with E-state index in [-0.39, 0.29) is 12.5 Å². The van der Waals surface area contributed by atoms with E-state index in [1.54, 1.807) is 6.08 Å². The van der Waals surface area contributed by atoms with E-state index in [4.69, 9.17) is 0 Å². The molecule has 0 aliphatic heterocycles. The van der Waals surface area contributed by atoms with Crippen LogP contribution in [0.15, 0.2) is 12.2 Å². The number of hydrogen-bond acceptors (Lipinski definition) is 3. The lowest BCUT2D eigenvalue weighted by Gasteiger charge is -2.20. The first-order chi connectivity index (χ1) is 26.7. The number of allylic oxidation sites excluding steroid dienone is 1. The molecule has 3 N–H and O–H groups in total. The van der Waals surface area contributed by atoms with Crippen LogP contribution >= 0.6 is 0 Å². The Balaban J connectivity index is 3.41. The molecule has 0 rings (SSSR count). The van der Waals surface area contributed by atoms with E-state index in [1.165, 1.54) is 238 Å². The SMILES string of the molecule is CCCCCCCCCCCCC/C=C/[C@@H](O)[C@H](CO)NC(=O)CCCCCCCCCCCCCCCCCCCCCCCCCCCCCCC. The molecule has 0 spiro atoms. The Hall–Kier alpha value is -0.870. The highest BCUT2D eigenvalue weighted by Crippen LogP contribution is 2.17. The maximum atomic E-state index is 12.4. The highest BCUT2D eigenvalue weighted by molar-refractivity contribution is 5.76. The lowest BCUT2D eigenvalue weighted by atomic mass is 10.0. The van der Waals surface area contributed by atoms with Gasteiger partial charge in [-0.3, -0.25) is 4.79 Å². The molecule has 0 unspecified atom stereocenters. The molecule has 0 fully saturated rings. The first-order valence-corrected chi connectivity index (χ1v) is 24.9. The fraction of sp³-hybridized carbons (Fsp3) is 0.940. The average molecular weight is 762 g/mol. The Bertz CT molecular complexity index is 739. The molecule has 0 aromatic rings. The van der Waals surface area contributed by atoms with E-state index in [1.807, 2.05) is 6.08 Å². The van der Waals surface area contributed by atoms with Gasteiger partial charge in [-0.05, 0) is 19.3 Å². The van der Waals surface area contributed by atoms with Crippen LogP contribution < -0.4 is 5.32 Å². The molecule has 0 aliphatic rings. The smallest absolute Gasteiger partial charge is 0.220 e. The molecule has 4 heteroatoms. The van der Waals surface area contributed by atoms with Gasteiger partial charge >= 0.3 is 0 Å². The summed E-state index contributed by atoms with van der Waals surface area (Å²) in [5.74, 6) is -0.0584. The third-order valence-corrected chi connectivity index (χ3v) is 11.8. The minimum atomic E-state index is -0.833. The van der Waals surface area contributed by atoms with Gasteiger partial charge in [0.1, 0.15) is 0 Å². The monoisotopic (exact) mass is 762 g/mol. The molecule has 2 atom stereocenters. The summed E-state index contributed by atoms with van der Waals surface area (Å²) in [6.07, 6.45) is 59.3. The van der Waals surface area contributed by atoms with Gasteiger partial charge in [0.2, 0.25) is 5.91 Å². The number of aliphatic hydroxyl groups is 2. The molecule has 0 aromatic carbocycles. The van der Waals surface area contributed by atoms with Crippen LogP contribution in [0.25, 0.3) is 0 Å². The van der Waals surface area contributed by atoms with Crippen molar-refractivity contribution in [2.75, 3.05) is 6.61 Å². The molecular weight excluding hydrogens is 663 g/mol. The Kier molecular flexibility index (Phi) is 45.8. The van der Waals surface area contributed by atoms with Crippen molar-refractivity contribution in [2.24, 2.45) is 0 Å². The van der Waals surface area contributed by atoms with E-state index in [0.717, 1.165) is 25.7 Å². The first-order valence-electron chi connectivity index (χ1n) is 24.9. The largest absolute Gasteiger partial charge is 0.394 e. The number of amides is 1. The van der Waals surface area contributed by atoms with Crippen LogP contribution in [0.4, 0.5) is 0 Å². The molecule has 1 amide bonds. The Morgan fingerprint density at radius 3 is 0.963 bits per heavy atom. The maximum absolute atomic E-state index is 12.4. The summed E-state index contributed by atoms with van der Waals surface area (Å²) in [5, 5.41) is 23.0. The van der Waals surface area contributed by atoms with E-state index in [9.17, 15) is 15.0 Å². The van der Waals surface area contributed by atoms with Crippen molar-refractivity contribution in [1.29, 1.82) is 0 Å². The number of carbonyl (C=O) groups is 1. The molecule has 322 valence electrons. The molecule has 0 saturated heterocycles. The summed E-state index contributed by atoms with van der Waals surface area (Å²) in [4.78, 5) is 12.4. The molecule has 0 aliphatic carbocycles. The van der Waals surface area contributed by atoms with Crippen molar-refractivity contribution in [3.05, 3.63) is 12.2 Å². The third-order valence-electron chi connectivity index (χ3n) is 11.8. The minimum Gasteiger partial charge on any atom is -0.394 e. The van der Waals surface area contributed by atoms with E-state index < -0.39 is 12.1 Å². The van der Waals surface area contributed by atoms with Gasteiger partial charge < -0.3 is 15.5 Å². The quantitative estimate of drug-likeness (QED) is 0.0427. The average Bonchev–Trinajstić information content (AvgIpc) is 3.18. The van der Waals surface area contributed by atoms with Crippen LogP contribution in [-0.2, 0) is 4.79 Å². The predicted octanol–water partition coefficient (Wildman–Crippen LogP) is 15.8.